The smallest absolute Gasteiger partial charge is 0.325 e. The number of nitrogens with two attached hydrogens (primary N) is 1. The average molecular weight is 108 g/mol. The van der Waals surface area contributed by atoms with Gasteiger partial charge in [-0.25, -0.2) is 5.43 Å². The molecule has 0 saturated heterocycles. The van der Waals surface area contributed by atoms with Crippen LogP contribution in [0.5, 0.6) is 0 Å². The predicted molar refractivity (Wildman–Crippen MR) is 19.8 cm³/mol. The minimum Gasteiger partial charge on any atom is -0.594 e. The molecule has 3 N–H and O–H groups in total. The van der Waals surface area contributed by atoms with Crippen molar-refractivity contribution in [3.63, 3.8) is 0 Å². The van der Waals surface area contributed by atoms with Gasteiger partial charge >= 0.3 is 8.03 Å². The Hall–Kier alpha value is -0.0200. The molecule has 0 aromatic rings. The van der Waals surface area contributed by atoms with E-state index in [0.717, 1.165) is 0 Å². The molecule has 0 aliphatic carbocycles. The highest BCUT2D eigenvalue weighted by atomic mass is 31.1. The summed E-state index contributed by atoms with van der Waals surface area (Å²) < 4.78 is 9.49. The Balaban J connectivity index is 2.83. The highest BCUT2D eigenvalue weighted by molar-refractivity contribution is 7.36. The molecule has 0 aromatic heterocycles. The standard InChI is InChI=1S/CH5N2O2P/c2-3-1-6(4)5/h3H,1-2H2. The lowest BCUT2D eigenvalue weighted by Crippen LogP contribution is -2.22. The van der Waals surface area contributed by atoms with Crippen LogP contribution in [0.1, 0.15) is 0 Å². The quantitative estimate of drug-likeness (QED) is 0.256. The van der Waals surface area contributed by atoms with Gasteiger partial charge in [-0.1, -0.05) is 4.57 Å². The Kier molecular flexibility index (Phi) is 3.17. The topological polar surface area (TPSA) is 78.2 Å². The molecule has 0 aliphatic rings. The van der Waals surface area contributed by atoms with Crippen molar-refractivity contribution in [1.29, 1.82) is 0 Å². The summed E-state index contributed by atoms with van der Waals surface area (Å²) >= 11 is 0. The zero-order valence-electron chi connectivity index (χ0n) is 3.05. The fraction of sp³-hybridized carbons (Fsp3) is 1.00. The van der Waals surface area contributed by atoms with Crippen LogP contribution in [0.15, 0.2) is 0 Å². The van der Waals surface area contributed by atoms with E-state index in [-0.39, 0.29) is 6.29 Å². The van der Waals surface area contributed by atoms with E-state index in [2.05, 4.69) is 5.84 Å². The monoisotopic (exact) mass is 108 g/mol. The van der Waals surface area contributed by atoms with Gasteiger partial charge in [0.05, 0.1) is 0 Å². The van der Waals surface area contributed by atoms with Crippen molar-refractivity contribution in [2.45, 2.75) is 0 Å². The fourth-order valence-electron chi connectivity index (χ4n) is 0.0745. The molecular formula is CH5N2O2P. The van der Waals surface area contributed by atoms with E-state index in [1.165, 1.54) is 0 Å². The highest BCUT2D eigenvalue weighted by Crippen LogP contribution is 1.98. The maximum Gasteiger partial charge on any atom is 0.325 e. The van der Waals surface area contributed by atoms with Gasteiger partial charge in [-0.15, -0.1) is 0 Å². The summed E-state index contributed by atoms with van der Waals surface area (Å²) in [6.07, 6.45) is -0.144. The minimum atomic E-state index is -2.34. The van der Waals surface area contributed by atoms with E-state index in [1.54, 1.807) is 0 Å². The van der Waals surface area contributed by atoms with Crippen LogP contribution < -0.4 is 16.2 Å². The van der Waals surface area contributed by atoms with Gasteiger partial charge < -0.3 is 4.89 Å². The third-order valence-electron chi connectivity index (χ3n) is 0.220. The number of rotatable bonds is 2. The van der Waals surface area contributed by atoms with E-state index in [4.69, 9.17) is 0 Å². The molecule has 36 valence electrons. The van der Waals surface area contributed by atoms with Crippen LogP contribution in [0.3, 0.4) is 0 Å². The third kappa shape index (κ3) is 3.98. The van der Waals surface area contributed by atoms with Crippen LogP contribution in [0, 0.1) is 0 Å². The third-order valence-corrected chi connectivity index (χ3v) is 0.661. The molecule has 0 radical (unpaired) electrons. The highest BCUT2D eigenvalue weighted by Gasteiger charge is 1.90. The van der Waals surface area contributed by atoms with Crippen LogP contribution in [0.25, 0.3) is 0 Å². The molecule has 6 heavy (non-hydrogen) atoms. The SMILES string of the molecule is NNC[P+](=O)[O-]. The maximum atomic E-state index is 9.49. The number of nitrogens with one attached hydrogen (secondary N) is 1. The predicted octanol–water partition coefficient (Wildman–Crippen LogP) is -1.49. The van der Waals surface area contributed by atoms with Crippen molar-refractivity contribution in [3.8, 4) is 0 Å². The lowest BCUT2D eigenvalue weighted by molar-refractivity contribution is -0.164. The van der Waals surface area contributed by atoms with Gasteiger partial charge in [0.15, 0.2) is 0 Å². The second-order valence-corrected chi connectivity index (χ2v) is 1.68. The molecule has 0 amide bonds. The lowest BCUT2D eigenvalue weighted by atomic mass is 11.5. The summed E-state index contributed by atoms with van der Waals surface area (Å²) in [6.45, 7) is 0. The van der Waals surface area contributed by atoms with E-state index in [0.29, 0.717) is 0 Å². The second-order valence-electron chi connectivity index (χ2n) is 0.695. The molecule has 0 heterocycles. The zero-order valence-corrected chi connectivity index (χ0v) is 3.94. The Morgan fingerprint density at radius 3 is 2.50 bits per heavy atom. The second kappa shape index (κ2) is 3.18. The summed E-state index contributed by atoms with van der Waals surface area (Å²) in [5.74, 6) is 4.60. The van der Waals surface area contributed by atoms with Gasteiger partial charge in [0.25, 0.3) is 0 Å². The van der Waals surface area contributed by atoms with Crippen molar-refractivity contribution < 1.29 is 9.46 Å². The lowest BCUT2D eigenvalue weighted by Gasteiger charge is -1.81. The molecule has 5 heteroatoms. The van der Waals surface area contributed by atoms with Gasteiger partial charge in [0.1, 0.15) is 0 Å². The number of hydrogen-bond acceptors (Lipinski definition) is 4. The molecule has 0 aromatic carbocycles. The average Bonchev–Trinajstić information content (AvgIpc) is 1.35. The maximum absolute atomic E-state index is 9.49. The Labute approximate surface area is 36.2 Å². The summed E-state index contributed by atoms with van der Waals surface area (Å²) in [5, 5.41) is 0. The molecule has 0 bridgehead atoms. The molecule has 0 rings (SSSR count). The zero-order chi connectivity index (χ0) is 4.99. The van der Waals surface area contributed by atoms with Gasteiger partial charge in [-0.3, -0.25) is 5.84 Å². The van der Waals surface area contributed by atoms with Crippen LogP contribution in [-0.4, -0.2) is 6.29 Å². The first-order chi connectivity index (χ1) is 2.77. The van der Waals surface area contributed by atoms with Crippen molar-refractivity contribution in [2.24, 2.45) is 5.84 Å². The van der Waals surface area contributed by atoms with Crippen molar-refractivity contribution in [3.05, 3.63) is 0 Å². The Bertz CT molecular complexity index is 55.5. The minimum absolute atomic E-state index is 0.144. The van der Waals surface area contributed by atoms with Gasteiger partial charge in [0.2, 0.25) is 6.29 Å². The van der Waals surface area contributed by atoms with E-state index >= 15 is 0 Å². The van der Waals surface area contributed by atoms with Crippen LogP contribution in [0.2, 0.25) is 0 Å². The first-order valence-corrected chi connectivity index (χ1v) is 2.69. The molecular weight excluding hydrogens is 103 g/mol. The summed E-state index contributed by atoms with van der Waals surface area (Å²) in [6, 6.07) is 0. The van der Waals surface area contributed by atoms with Crippen molar-refractivity contribution in [1.82, 2.24) is 5.43 Å². The molecule has 0 spiro atoms. The van der Waals surface area contributed by atoms with Crippen molar-refractivity contribution in [2.75, 3.05) is 6.29 Å². The summed E-state index contributed by atoms with van der Waals surface area (Å²) in [5.41, 5.74) is 1.97. The number of hydrazine groups is 1. The molecule has 4 nitrogen and oxygen atoms in total. The summed E-state index contributed by atoms with van der Waals surface area (Å²) in [4.78, 5) is 9.49. The summed E-state index contributed by atoms with van der Waals surface area (Å²) in [7, 11) is -2.34. The molecule has 0 fully saturated rings. The van der Waals surface area contributed by atoms with Crippen LogP contribution in [0.4, 0.5) is 0 Å². The normalized spacial score (nSPS) is 11.3. The number of hydrogen-bond donors (Lipinski definition) is 2. The fourth-order valence-corrected chi connectivity index (χ4v) is 0.224. The molecule has 0 aliphatic heterocycles. The van der Waals surface area contributed by atoms with E-state index in [1.807, 2.05) is 5.43 Å². The van der Waals surface area contributed by atoms with E-state index in [9.17, 15) is 9.46 Å². The molecule has 1 unspecified atom stereocenters. The molecule has 0 saturated carbocycles. The van der Waals surface area contributed by atoms with Crippen LogP contribution in [-0.2, 0) is 4.57 Å². The van der Waals surface area contributed by atoms with E-state index < -0.39 is 8.03 Å². The van der Waals surface area contributed by atoms with Gasteiger partial charge in [-0.05, 0) is 0 Å². The van der Waals surface area contributed by atoms with Crippen molar-refractivity contribution >= 4 is 8.03 Å². The first-order valence-electron chi connectivity index (χ1n) is 1.32. The Morgan fingerprint density at radius 1 is 2.00 bits per heavy atom. The largest absolute Gasteiger partial charge is 0.594 e. The Morgan fingerprint density at radius 2 is 2.50 bits per heavy atom. The first kappa shape index (κ1) is 5.98. The van der Waals surface area contributed by atoms with Gasteiger partial charge in [-0.2, -0.15) is 0 Å². The van der Waals surface area contributed by atoms with Gasteiger partial charge in [0, 0.05) is 0 Å². The van der Waals surface area contributed by atoms with Crippen LogP contribution >= 0.6 is 8.03 Å². The molecule has 1 atom stereocenters.